The fraction of sp³-hybridized carbons (Fsp3) is 0.943. The van der Waals surface area contributed by atoms with Crippen LogP contribution in [0.4, 0.5) is 0 Å². The van der Waals surface area contributed by atoms with Crippen LogP contribution >= 0.6 is 15.6 Å². The van der Waals surface area contributed by atoms with Crippen molar-refractivity contribution in [3.63, 3.8) is 0 Å². The molecule has 0 bridgehead atoms. The zero-order chi connectivity index (χ0) is 65.7. The van der Waals surface area contributed by atoms with Gasteiger partial charge in [-0.25, -0.2) is 9.13 Å². The molecular formula is C70H136O17P2. The van der Waals surface area contributed by atoms with E-state index in [2.05, 4.69) is 41.5 Å². The molecule has 89 heavy (non-hydrogen) atoms. The van der Waals surface area contributed by atoms with E-state index in [-0.39, 0.29) is 25.7 Å². The van der Waals surface area contributed by atoms with E-state index in [1.807, 2.05) is 0 Å². The predicted octanol–water partition coefficient (Wildman–Crippen LogP) is 20.0. The molecule has 0 radical (unpaired) electrons. The van der Waals surface area contributed by atoms with Crippen LogP contribution in [0.1, 0.15) is 356 Å². The fourth-order valence-electron chi connectivity index (χ4n) is 10.6. The van der Waals surface area contributed by atoms with E-state index in [0.717, 1.165) is 95.8 Å². The molecular weight excluding hydrogens is 1170 g/mol. The molecule has 3 N–H and O–H groups in total. The van der Waals surface area contributed by atoms with Crippen molar-refractivity contribution in [2.75, 3.05) is 39.6 Å². The molecule has 528 valence electrons. The zero-order valence-corrected chi connectivity index (χ0v) is 59.5. The van der Waals surface area contributed by atoms with Crippen LogP contribution in [0.2, 0.25) is 0 Å². The Balaban J connectivity index is 5.18. The number of unbranched alkanes of at least 4 members (excludes halogenated alkanes) is 39. The third-order valence-electron chi connectivity index (χ3n) is 16.2. The van der Waals surface area contributed by atoms with Gasteiger partial charge in [0.15, 0.2) is 12.2 Å². The summed E-state index contributed by atoms with van der Waals surface area (Å²) in [6.07, 6.45) is 47.4. The van der Waals surface area contributed by atoms with E-state index < -0.39 is 97.5 Å². The number of phosphoric acid groups is 2. The normalized spacial score (nSPS) is 14.1. The summed E-state index contributed by atoms with van der Waals surface area (Å²) in [6, 6.07) is 0. The number of esters is 4. The smallest absolute Gasteiger partial charge is 0.462 e. The number of carbonyl (C=O) groups is 4. The molecule has 0 aromatic rings. The highest BCUT2D eigenvalue weighted by molar-refractivity contribution is 7.47. The Morgan fingerprint density at radius 3 is 0.764 bits per heavy atom. The van der Waals surface area contributed by atoms with Crippen LogP contribution < -0.4 is 0 Å². The van der Waals surface area contributed by atoms with Crippen LogP contribution in [0, 0.1) is 11.8 Å². The van der Waals surface area contributed by atoms with E-state index in [1.165, 1.54) is 173 Å². The lowest BCUT2D eigenvalue weighted by Crippen LogP contribution is -2.30. The Kier molecular flexibility index (Phi) is 60.8. The van der Waals surface area contributed by atoms with Crippen molar-refractivity contribution in [2.45, 2.75) is 374 Å². The van der Waals surface area contributed by atoms with Crippen LogP contribution in [0.5, 0.6) is 0 Å². The number of carbonyl (C=O) groups excluding carboxylic acids is 4. The highest BCUT2D eigenvalue weighted by Gasteiger charge is 2.30. The van der Waals surface area contributed by atoms with Crippen LogP contribution in [-0.2, 0) is 65.4 Å². The molecule has 19 heteroatoms. The summed E-state index contributed by atoms with van der Waals surface area (Å²) in [5.74, 6) is -0.650. The first-order chi connectivity index (χ1) is 42.9. The van der Waals surface area contributed by atoms with E-state index in [9.17, 15) is 43.2 Å². The first-order valence-corrected chi connectivity index (χ1v) is 39.5. The molecule has 0 heterocycles. The van der Waals surface area contributed by atoms with Crippen LogP contribution in [0.25, 0.3) is 0 Å². The molecule has 0 saturated carbocycles. The maximum atomic E-state index is 13.0. The van der Waals surface area contributed by atoms with Crippen molar-refractivity contribution in [3.8, 4) is 0 Å². The van der Waals surface area contributed by atoms with E-state index in [0.29, 0.717) is 31.6 Å². The largest absolute Gasteiger partial charge is 0.472 e. The van der Waals surface area contributed by atoms with Gasteiger partial charge >= 0.3 is 39.5 Å². The number of hydrogen-bond acceptors (Lipinski definition) is 15. The van der Waals surface area contributed by atoms with Gasteiger partial charge < -0.3 is 33.8 Å². The summed E-state index contributed by atoms with van der Waals surface area (Å²) in [5, 5.41) is 10.6. The van der Waals surface area contributed by atoms with Crippen molar-refractivity contribution in [3.05, 3.63) is 0 Å². The number of aliphatic hydroxyl groups excluding tert-OH is 1. The second-order valence-electron chi connectivity index (χ2n) is 26.2. The minimum absolute atomic E-state index is 0.102. The first kappa shape index (κ1) is 87.1. The minimum atomic E-state index is -4.95. The summed E-state index contributed by atoms with van der Waals surface area (Å²) < 4.78 is 68.2. The van der Waals surface area contributed by atoms with Crippen LogP contribution in [-0.4, -0.2) is 96.7 Å². The molecule has 0 aliphatic carbocycles. The number of hydrogen-bond donors (Lipinski definition) is 3. The molecule has 0 amide bonds. The highest BCUT2D eigenvalue weighted by Crippen LogP contribution is 2.45. The van der Waals surface area contributed by atoms with Crippen molar-refractivity contribution in [1.82, 2.24) is 0 Å². The van der Waals surface area contributed by atoms with Gasteiger partial charge in [-0.3, -0.25) is 37.3 Å². The molecule has 0 saturated heterocycles. The standard InChI is InChI=1S/C70H136O17P2/c1-7-9-11-13-15-17-18-26-30-34-41-47-53-68(73)81-58-65(86-69(74)54-48-42-35-31-27-24-22-20-19-21-23-25-29-32-38-44-50-62(3)4)60-84-88(76,77)82-56-64(71)57-83-89(78,79)85-61-66(87-70(75)55-49-43-37-36-39-45-51-63(5)6)59-80-67(72)52-46-40-33-28-16-14-12-10-8-2/h62-66,71H,7-61H2,1-6H3,(H,76,77)(H,78,79)/t64-,65-,66-/m1/s1. The summed E-state index contributed by atoms with van der Waals surface area (Å²) in [4.78, 5) is 72.4. The summed E-state index contributed by atoms with van der Waals surface area (Å²) in [5.41, 5.74) is 0. The Bertz CT molecular complexity index is 1730. The number of aliphatic hydroxyl groups is 1. The maximum Gasteiger partial charge on any atom is 0.472 e. The van der Waals surface area contributed by atoms with Crippen molar-refractivity contribution >= 4 is 39.5 Å². The van der Waals surface area contributed by atoms with Crippen molar-refractivity contribution < 1.29 is 80.2 Å². The lowest BCUT2D eigenvalue weighted by Gasteiger charge is -2.21. The van der Waals surface area contributed by atoms with Gasteiger partial charge in [0.05, 0.1) is 26.4 Å². The van der Waals surface area contributed by atoms with Gasteiger partial charge in [0, 0.05) is 25.7 Å². The molecule has 0 aromatic carbocycles. The predicted molar refractivity (Wildman–Crippen MR) is 358 cm³/mol. The SMILES string of the molecule is CCCCCCCCCCCCCCC(=O)OC[C@H](COP(=O)(O)OC[C@@H](O)COP(=O)(O)OC[C@@H](COC(=O)CCCCCCCCCCC)OC(=O)CCCCCCCCC(C)C)OC(=O)CCCCCCCCCCCCCCCCCCC(C)C. The van der Waals surface area contributed by atoms with Gasteiger partial charge in [-0.15, -0.1) is 0 Å². The molecule has 0 fully saturated rings. The average molecular weight is 1310 g/mol. The molecule has 0 aromatic heterocycles. The Morgan fingerprint density at radius 2 is 0.517 bits per heavy atom. The number of ether oxygens (including phenoxy) is 4. The number of phosphoric ester groups is 2. The lowest BCUT2D eigenvalue weighted by atomic mass is 10.0. The van der Waals surface area contributed by atoms with Gasteiger partial charge in [-0.05, 0) is 37.5 Å². The van der Waals surface area contributed by atoms with Gasteiger partial charge in [-0.2, -0.15) is 0 Å². The van der Waals surface area contributed by atoms with Gasteiger partial charge in [0.25, 0.3) is 0 Å². The molecule has 0 spiro atoms. The first-order valence-electron chi connectivity index (χ1n) is 36.5. The third-order valence-corrected chi connectivity index (χ3v) is 18.1. The second-order valence-corrected chi connectivity index (χ2v) is 29.1. The van der Waals surface area contributed by atoms with Crippen LogP contribution in [0.15, 0.2) is 0 Å². The summed E-state index contributed by atoms with van der Waals surface area (Å²) in [6.45, 7) is 9.47. The van der Waals surface area contributed by atoms with E-state index >= 15 is 0 Å². The Morgan fingerprint density at radius 1 is 0.303 bits per heavy atom. The molecule has 17 nitrogen and oxygen atoms in total. The molecule has 5 atom stereocenters. The molecule has 0 rings (SSSR count). The fourth-order valence-corrected chi connectivity index (χ4v) is 12.2. The van der Waals surface area contributed by atoms with Gasteiger partial charge in [-0.1, -0.05) is 305 Å². The highest BCUT2D eigenvalue weighted by atomic mass is 31.2. The zero-order valence-electron chi connectivity index (χ0n) is 57.7. The molecule has 2 unspecified atom stereocenters. The van der Waals surface area contributed by atoms with E-state index in [1.54, 1.807) is 0 Å². The van der Waals surface area contributed by atoms with Crippen molar-refractivity contribution in [2.24, 2.45) is 11.8 Å². The number of rotatable bonds is 69. The second kappa shape index (κ2) is 62.2. The third kappa shape index (κ3) is 64.6. The van der Waals surface area contributed by atoms with Gasteiger partial charge in [0.2, 0.25) is 0 Å². The quantitative estimate of drug-likeness (QED) is 0.0222. The molecule has 0 aliphatic heterocycles. The van der Waals surface area contributed by atoms with Crippen LogP contribution in [0.3, 0.4) is 0 Å². The van der Waals surface area contributed by atoms with E-state index in [4.69, 9.17) is 37.0 Å². The topological polar surface area (TPSA) is 237 Å². The lowest BCUT2D eigenvalue weighted by molar-refractivity contribution is -0.161. The Labute approximate surface area is 543 Å². The van der Waals surface area contributed by atoms with Gasteiger partial charge in [0.1, 0.15) is 19.3 Å². The molecule has 0 aliphatic rings. The maximum absolute atomic E-state index is 13.0. The van der Waals surface area contributed by atoms with Crippen molar-refractivity contribution in [1.29, 1.82) is 0 Å². The average Bonchev–Trinajstić information content (AvgIpc) is 3.71. The summed E-state index contributed by atoms with van der Waals surface area (Å²) in [7, 11) is -9.89. The monoisotopic (exact) mass is 1310 g/mol. The Hall–Kier alpha value is -1.94. The minimum Gasteiger partial charge on any atom is -0.462 e. The summed E-state index contributed by atoms with van der Waals surface area (Å²) >= 11 is 0.